The van der Waals surface area contributed by atoms with E-state index in [0.717, 1.165) is 30.1 Å². The first-order valence-corrected chi connectivity index (χ1v) is 18.9. The number of aryl methyl sites for hydroxylation is 1. The molecule has 43 heavy (non-hydrogen) atoms. The molecular weight excluding hydrogens is 551 g/mol. The summed E-state index contributed by atoms with van der Waals surface area (Å²) >= 11 is 0. The Morgan fingerprint density at radius 3 is 2.12 bits per heavy atom. The minimum Gasteiger partial charge on any atom is -0.352 e. The van der Waals surface area contributed by atoms with Gasteiger partial charge >= 0.3 is 0 Å². The molecule has 0 saturated heterocycles. The first-order chi connectivity index (χ1) is 20.4. The van der Waals surface area contributed by atoms with Crippen molar-refractivity contribution in [3.8, 4) is 0 Å². The molecule has 0 bridgehead atoms. The Morgan fingerprint density at radius 2 is 1.44 bits per heavy atom. The van der Waals surface area contributed by atoms with Crippen molar-refractivity contribution in [1.82, 2.24) is 10.6 Å². The second-order valence-corrected chi connectivity index (χ2v) is 18.3. The highest BCUT2D eigenvalue weighted by molar-refractivity contribution is 6.77. The first-order valence-electron chi connectivity index (χ1n) is 15.5. The molecule has 0 aliphatic carbocycles. The summed E-state index contributed by atoms with van der Waals surface area (Å²) in [6, 6.07) is 24.1. The quantitative estimate of drug-likeness (QED) is 0.0910. The van der Waals surface area contributed by atoms with Crippen LogP contribution in [-0.2, 0) is 12.8 Å². The largest absolute Gasteiger partial charge is 0.352 e. The number of Topliss-reactive ketones (excluding diaryl/α,β-unsaturated/α-hetero) is 1. The van der Waals surface area contributed by atoms with E-state index >= 15 is 0 Å². The number of nitrogens with one attached hydrogen (secondary N) is 3. The summed E-state index contributed by atoms with van der Waals surface area (Å²) in [6.45, 7) is 13.3. The van der Waals surface area contributed by atoms with E-state index in [1.165, 1.54) is 18.9 Å². The van der Waals surface area contributed by atoms with E-state index in [-0.39, 0.29) is 24.0 Å². The van der Waals surface area contributed by atoms with Crippen LogP contribution >= 0.6 is 0 Å². The van der Waals surface area contributed by atoms with Crippen LogP contribution in [0.3, 0.4) is 0 Å². The number of hydrogen-bond donors (Lipinski definition) is 3. The number of benzene rings is 3. The number of hydrogen-bond acceptors (Lipinski definition) is 4. The number of rotatable bonds is 16. The third kappa shape index (κ3) is 11.2. The molecule has 0 spiro atoms. The predicted molar refractivity (Wildman–Crippen MR) is 181 cm³/mol. The van der Waals surface area contributed by atoms with Crippen molar-refractivity contribution in [3.63, 3.8) is 0 Å². The van der Waals surface area contributed by atoms with Gasteiger partial charge in [0.1, 0.15) is 0 Å². The van der Waals surface area contributed by atoms with Crippen LogP contribution in [0.1, 0.15) is 75.8 Å². The van der Waals surface area contributed by atoms with Gasteiger partial charge in [0.2, 0.25) is 0 Å². The molecule has 0 aliphatic heterocycles. The second kappa shape index (κ2) is 15.8. The first kappa shape index (κ1) is 33.9. The van der Waals surface area contributed by atoms with Gasteiger partial charge in [-0.05, 0) is 91.8 Å². The van der Waals surface area contributed by atoms with Crippen molar-refractivity contribution < 1.29 is 14.4 Å². The van der Waals surface area contributed by atoms with Gasteiger partial charge < -0.3 is 16.0 Å². The smallest absolute Gasteiger partial charge is 0.255 e. The second-order valence-electron chi connectivity index (χ2n) is 13.1. The average molecular weight is 600 g/mol. The molecule has 0 unspecified atom stereocenters. The predicted octanol–water partition coefficient (Wildman–Crippen LogP) is 7.39. The number of carbonyl (C=O) groups is 3. The highest BCUT2D eigenvalue weighted by atomic mass is 28.3. The topological polar surface area (TPSA) is 87.3 Å². The Morgan fingerprint density at radius 1 is 0.791 bits per heavy atom. The summed E-state index contributed by atoms with van der Waals surface area (Å²) in [6.07, 6.45) is 3.46. The lowest BCUT2D eigenvalue weighted by atomic mass is 9.90. The number of ketones is 1. The fourth-order valence-corrected chi connectivity index (χ4v) is 9.54. The fourth-order valence-electron chi connectivity index (χ4n) is 5.80. The Labute approximate surface area is 259 Å². The molecule has 3 rings (SSSR count). The summed E-state index contributed by atoms with van der Waals surface area (Å²) in [5.74, 6) is -0.363. The van der Waals surface area contributed by atoms with Crippen LogP contribution in [0, 0.1) is 5.41 Å². The molecule has 2 amide bonds. The summed E-state index contributed by atoms with van der Waals surface area (Å²) in [5, 5.41) is 9.24. The molecule has 0 heterocycles. The lowest BCUT2D eigenvalue weighted by Gasteiger charge is -2.34. The van der Waals surface area contributed by atoms with Gasteiger partial charge in [0.05, 0.1) is 0 Å². The Kier molecular flexibility index (Phi) is 12.5. The summed E-state index contributed by atoms with van der Waals surface area (Å²) < 4.78 is 0. The van der Waals surface area contributed by atoms with Gasteiger partial charge in [-0.1, -0.05) is 76.3 Å². The lowest BCUT2D eigenvalue weighted by molar-refractivity contribution is 0.0954. The van der Waals surface area contributed by atoms with Crippen molar-refractivity contribution in [3.05, 3.63) is 101 Å². The molecule has 6 nitrogen and oxygen atoms in total. The Hall–Kier alpha value is -3.55. The van der Waals surface area contributed by atoms with Gasteiger partial charge in [-0.15, -0.1) is 0 Å². The highest BCUT2D eigenvalue weighted by Crippen LogP contribution is 2.34. The van der Waals surface area contributed by atoms with Crippen molar-refractivity contribution in [1.29, 1.82) is 0 Å². The van der Waals surface area contributed by atoms with Crippen molar-refractivity contribution in [2.75, 3.05) is 25.5 Å². The highest BCUT2D eigenvalue weighted by Gasteiger charge is 2.30. The maximum absolute atomic E-state index is 13.1. The van der Waals surface area contributed by atoms with Crippen LogP contribution in [-0.4, -0.2) is 45.8 Å². The SMILES string of the molecule is CCc1cccc(C(=O)Nc2ccc(CC(=O)c3cccc(C(=O)NCC[Si](C)(C)CC(C)(C)CCCNC)c3)cc2)c1. The van der Waals surface area contributed by atoms with Gasteiger partial charge in [-0.25, -0.2) is 0 Å². The molecule has 230 valence electrons. The Bertz CT molecular complexity index is 1380. The van der Waals surface area contributed by atoms with Gasteiger partial charge in [0.15, 0.2) is 5.78 Å². The van der Waals surface area contributed by atoms with Gasteiger partial charge in [0, 0.05) is 43.4 Å². The number of amides is 2. The monoisotopic (exact) mass is 599 g/mol. The molecule has 7 heteroatoms. The van der Waals surface area contributed by atoms with E-state index in [1.807, 2.05) is 49.5 Å². The molecule has 0 aromatic heterocycles. The zero-order valence-corrected chi connectivity index (χ0v) is 27.8. The van der Waals surface area contributed by atoms with E-state index < -0.39 is 8.07 Å². The van der Waals surface area contributed by atoms with E-state index in [4.69, 9.17) is 0 Å². The van der Waals surface area contributed by atoms with E-state index in [9.17, 15) is 14.4 Å². The normalized spacial score (nSPS) is 11.7. The minimum absolute atomic E-state index is 0.0585. The van der Waals surface area contributed by atoms with Crippen LogP contribution in [0.2, 0.25) is 25.2 Å². The van der Waals surface area contributed by atoms with Crippen LogP contribution in [0.15, 0.2) is 72.8 Å². The summed E-state index contributed by atoms with van der Waals surface area (Å²) in [4.78, 5) is 38.6. The van der Waals surface area contributed by atoms with Gasteiger partial charge in [-0.3, -0.25) is 14.4 Å². The third-order valence-electron chi connectivity index (χ3n) is 7.95. The van der Waals surface area contributed by atoms with Crippen LogP contribution in [0.25, 0.3) is 0 Å². The molecule has 0 atom stereocenters. The van der Waals surface area contributed by atoms with E-state index in [2.05, 4.69) is 49.8 Å². The zero-order chi connectivity index (χ0) is 31.5. The molecule has 0 aliphatic rings. The summed E-state index contributed by atoms with van der Waals surface area (Å²) in [5.41, 5.74) is 4.56. The standard InChI is InChI=1S/C36H49N3O3Si/c1-7-27-11-8-13-30(23-27)35(42)39-32-17-15-28(16-18-32)24-33(40)29-12-9-14-31(25-29)34(41)38-21-22-43(5,6)26-36(2,3)19-10-20-37-4/h8-9,11-18,23,25,37H,7,10,19-22,24,26H2,1-6H3,(H,38,41)(H,39,42). The fraction of sp³-hybridized carbons (Fsp3) is 0.417. The molecule has 3 N–H and O–H groups in total. The summed E-state index contributed by atoms with van der Waals surface area (Å²) in [7, 11) is 0.511. The minimum atomic E-state index is -1.49. The van der Waals surface area contributed by atoms with Gasteiger partial charge in [-0.2, -0.15) is 0 Å². The van der Waals surface area contributed by atoms with Gasteiger partial charge in [0.25, 0.3) is 11.8 Å². The van der Waals surface area contributed by atoms with Crippen LogP contribution in [0.4, 0.5) is 5.69 Å². The van der Waals surface area contributed by atoms with Crippen LogP contribution < -0.4 is 16.0 Å². The molecule has 3 aromatic rings. The third-order valence-corrected chi connectivity index (χ3v) is 11.5. The molecule has 0 fully saturated rings. The van der Waals surface area contributed by atoms with Crippen molar-refractivity contribution in [2.45, 2.75) is 71.6 Å². The van der Waals surface area contributed by atoms with Crippen LogP contribution in [0.5, 0.6) is 0 Å². The molecule has 3 aromatic carbocycles. The Balaban J connectivity index is 1.51. The van der Waals surface area contributed by atoms with E-state index in [1.54, 1.807) is 30.3 Å². The van der Waals surface area contributed by atoms with Crippen molar-refractivity contribution >= 4 is 31.4 Å². The lowest BCUT2D eigenvalue weighted by Crippen LogP contribution is -2.37. The molecule has 0 radical (unpaired) electrons. The maximum Gasteiger partial charge on any atom is 0.255 e. The number of anilines is 1. The molecule has 0 saturated carbocycles. The zero-order valence-electron chi connectivity index (χ0n) is 26.8. The molecular formula is C36H49N3O3Si. The van der Waals surface area contributed by atoms with Crippen molar-refractivity contribution in [2.24, 2.45) is 5.41 Å². The average Bonchev–Trinajstić information content (AvgIpc) is 2.97. The van der Waals surface area contributed by atoms with E-state index in [0.29, 0.717) is 34.3 Å². The number of carbonyl (C=O) groups excluding carboxylic acids is 3. The maximum atomic E-state index is 13.1.